The third-order valence-electron chi connectivity index (χ3n) is 4.37. The van der Waals surface area contributed by atoms with E-state index in [0.717, 1.165) is 39.7 Å². The maximum atomic E-state index is 6.31. The Kier molecular flexibility index (Phi) is 6.55. The summed E-state index contributed by atoms with van der Waals surface area (Å²) in [4.78, 5) is 0. The molecule has 0 N–H and O–H groups in total. The largest absolute Gasteiger partial charge is 0.456 e. The van der Waals surface area contributed by atoms with E-state index in [4.69, 9.17) is 4.42 Å². The standard InChI is InChI=1S/C22H22Br2O/c1-2-3-4-20-13-21(18-9-5-16(14-23)6-10-18)25-22(20)19-11-7-17(15-24)8-12-19/h5-13H,2-4,14-15H2,1H3. The molecule has 0 atom stereocenters. The van der Waals surface area contributed by atoms with Crippen LogP contribution in [-0.2, 0) is 17.1 Å². The summed E-state index contributed by atoms with van der Waals surface area (Å²) in [6.45, 7) is 2.23. The molecule has 0 aliphatic rings. The third kappa shape index (κ3) is 4.45. The van der Waals surface area contributed by atoms with Gasteiger partial charge in [-0.05, 0) is 35.6 Å². The van der Waals surface area contributed by atoms with Crippen molar-refractivity contribution in [3.05, 3.63) is 71.3 Å². The lowest BCUT2D eigenvalue weighted by Gasteiger charge is -2.03. The average Bonchev–Trinajstić information content (AvgIpc) is 3.10. The number of furan rings is 1. The van der Waals surface area contributed by atoms with E-state index in [1.807, 2.05) is 0 Å². The summed E-state index contributed by atoms with van der Waals surface area (Å²) in [6.07, 6.45) is 3.41. The van der Waals surface area contributed by atoms with Crippen molar-refractivity contribution in [2.45, 2.75) is 36.8 Å². The zero-order valence-electron chi connectivity index (χ0n) is 14.4. The van der Waals surface area contributed by atoms with Gasteiger partial charge in [-0.25, -0.2) is 0 Å². The molecule has 0 aliphatic heterocycles. The van der Waals surface area contributed by atoms with Gasteiger partial charge < -0.3 is 4.42 Å². The topological polar surface area (TPSA) is 13.1 Å². The van der Waals surface area contributed by atoms with Crippen LogP contribution < -0.4 is 0 Å². The predicted octanol–water partition coefficient (Wildman–Crippen LogP) is 7.75. The Bertz CT molecular complexity index is 801. The number of halogens is 2. The van der Waals surface area contributed by atoms with Gasteiger partial charge in [0.15, 0.2) is 0 Å². The molecule has 0 amide bonds. The number of rotatable bonds is 7. The molecule has 0 radical (unpaired) electrons. The Balaban J connectivity index is 1.98. The minimum absolute atomic E-state index is 0.873. The van der Waals surface area contributed by atoms with Gasteiger partial charge in [-0.1, -0.05) is 93.7 Å². The van der Waals surface area contributed by atoms with E-state index in [1.54, 1.807) is 0 Å². The van der Waals surface area contributed by atoms with Gasteiger partial charge in [0.05, 0.1) is 0 Å². The number of unbranched alkanes of at least 4 members (excludes halogenated alkanes) is 1. The second kappa shape index (κ2) is 8.86. The van der Waals surface area contributed by atoms with E-state index in [9.17, 15) is 0 Å². The van der Waals surface area contributed by atoms with Crippen molar-refractivity contribution in [3.63, 3.8) is 0 Å². The van der Waals surface area contributed by atoms with Crippen molar-refractivity contribution >= 4 is 31.9 Å². The molecule has 0 unspecified atom stereocenters. The van der Waals surface area contributed by atoms with Crippen LogP contribution in [0.2, 0.25) is 0 Å². The maximum Gasteiger partial charge on any atom is 0.137 e. The molecule has 0 bridgehead atoms. The zero-order chi connectivity index (χ0) is 17.6. The Hall–Kier alpha value is -1.32. The molecule has 25 heavy (non-hydrogen) atoms. The first-order chi connectivity index (χ1) is 12.2. The predicted molar refractivity (Wildman–Crippen MR) is 113 cm³/mol. The monoisotopic (exact) mass is 460 g/mol. The molecule has 0 saturated heterocycles. The summed E-state index contributed by atoms with van der Waals surface area (Å²) in [7, 11) is 0. The summed E-state index contributed by atoms with van der Waals surface area (Å²) >= 11 is 7.00. The Morgan fingerprint density at radius 2 is 1.36 bits per heavy atom. The molecule has 0 aliphatic carbocycles. The van der Waals surface area contributed by atoms with Gasteiger partial charge in [0.1, 0.15) is 11.5 Å². The molecule has 0 fully saturated rings. The van der Waals surface area contributed by atoms with Gasteiger partial charge in [0, 0.05) is 21.8 Å². The van der Waals surface area contributed by atoms with Crippen molar-refractivity contribution in [1.82, 2.24) is 0 Å². The van der Waals surface area contributed by atoms with Gasteiger partial charge in [-0.15, -0.1) is 0 Å². The summed E-state index contributed by atoms with van der Waals surface area (Å²) in [6, 6.07) is 19.4. The number of alkyl halides is 2. The van der Waals surface area contributed by atoms with Crippen molar-refractivity contribution in [1.29, 1.82) is 0 Å². The highest BCUT2D eigenvalue weighted by atomic mass is 79.9. The smallest absolute Gasteiger partial charge is 0.137 e. The van der Waals surface area contributed by atoms with Crippen LogP contribution in [0.4, 0.5) is 0 Å². The lowest BCUT2D eigenvalue weighted by molar-refractivity contribution is 0.593. The molecule has 1 nitrogen and oxygen atoms in total. The number of hydrogen-bond donors (Lipinski definition) is 0. The van der Waals surface area contributed by atoms with E-state index in [0.29, 0.717) is 0 Å². The van der Waals surface area contributed by atoms with Crippen molar-refractivity contribution in [2.24, 2.45) is 0 Å². The molecule has 0 saturated carbocycles. The SMILES string of the molecule is CCCCc1cc(-c2ccc(CBr)cc2)oc1-c1ccc(CBr)cc1. The van der Waals surface area contributed by atoms with Gasteiger partial charge in [-0.3, -0.25) is 0 Å². The van der Waals surface area contributed by atoms with Crippen LogP contribution in [-0.4, -0.2) is 0 Å². The highest BCUT2D eigenvalue weighted by Crippen LogP contribution is 2.34. The lowest BCUT2D eigenvalue weighted by atomic mass is 10.0. The molecular formula is C22H22Br2O. The Morgan fingerprint density at radius 3 is 1.88 bits per heavy atom. The minimum atomic E-state index is 0.873. The fourth-order valence-electron chi connectivity index (χ4n) is 2.87. The van der Waals surface area contributed by atoms with E-state index in [1.165, 1.54) is 29.5 Å². The van der Waals surface area contributed by atoms with Gasteiger partial charge in [0.25, 0.3) is 0 Å². The average molecular weight is 462 g/mol. The second-order valence-corrected chi connectivity index (χ2v) is 7.35. The molecule has 130 valence electrons. The summed E-state index contributed by atoms with van der Waals surface area (Å²) in [5.41, 5.74) is 6.13. The summed E-state index contributed by atoms with van der Waals surface area (Å²) < 4.78 is 6.31. The van der Waals surface area contributed by atoms with E-state index >= 15 is 0 Å². The van der Waals surface area contributed by atoms with Gasteiger partial charge in [-0.2, -0.15) is 0 Å². The number of aryl methyl sites for hydroxylation is 1. The quantitative estimate of drug-likeness (QED) is 0.328. The first-order valence-corrected chi connectivity index (χ1v) is 10.9. The molecule has 1 aromatic heterocycles. The van der Waals surface area contributed by atoms with Crippen LogP contribution >= 0.6 is 31.9 Å². The molecule has 2 aromatic carbocycles. The normalized spacial score (nSPS) is 11.0. The maximum absolute atomic E-state index is 6.31. The van der Waals surface area contributed by atoms with Crippen LogP contribution in [0.5, 0.6) is 0 Å². The summed E-state index contributed by atoms with van der Waals surface area (Å²) in [5.74, 6) is 1.96. The molecule has 3 rings (SSSR count). The summed E-state index contributed by atoms with van der Waals surface area (Å²) in [5, 5.41) is 1.75. The van der Waals surface area contributed by atoms with E-state index in [-0.39, 0.29) is 0 Å². The van der Waals surface area contributed by atoms with Crippen LogP contribution in [0.1, 0.15) is 36.5 Å². The lowest BCUT2D eigenvalue weighted by Crippen LogP contribution is -1.86. The first-order valence-electron chi connectivity index (χ1n) is 8.68. The highest BCUT2D eigenvalue weighted by molar-refractivity contribution is 9.08. The Morgan fingerprint density at radius 1 is 0.800 bits per heavy atom. The first kappa shape index (κ1) is 18.5. The fourth-order valence-corrected chi connectivity index (χ4v) is 3.62. The van der Waals surface area contributed by atoms with Gasteiger partial charge >= 0.3 is 0 Å². The van der Waals surface area contributed by atoms with Gasteiger partial charge in [0.2, 0.25) is 0 Å². The van der Waals surface area contributed by atoms with E-state index < -0.39 is 0 Å². The molecule has 1 heterocycles. The molecule has 0 spiro atoms. The second-order valence-electron chi connectivity index (χ2n) is 6.23. The van der Waals surface area contributed by atoms with Crippen LogP contribution in [0.25, 0.3) is 22.6 Å². The van der Waals surface area contributed by atoms with Crippen LogP contribution in [0.3, 0.4) is 0 Å². The van der Waals surface area contributed by atoms with Crippen molar-refractivity contribution < 1.29 is 4.42 Å². The third-order valence-corrected chi connectivity index (χ3v) is 5.67. The molecule has 3 aromatic rings. The van der Waals surface area contributed by atoms with E-state index in [2.05, 4.69) is 93.4 Å². The zero-order valence-corrected chi connectivity index (χ0v) is 17.6. The van der Waals surface area contributed by atoms with Crippen LogP contribution in [0.15, 0.2) is 59.0 Å². The number of benzene rings is 2. The molecular weight excluding hydrogens is 440 g/mol. The number of hydrogen-bond acceptors (Lipinski definition) is 1. The highest BCUT2D eigenvalue weighted by Gasteiger charge is 2.14. The van der Waals surface area contributed by atoms with Crippen LogP contribution in [0, 0.1) is 0 Å². The fraction of sp³-hybridized carbons (Fsp3) is 0.273. The van der Waals surface area contributed by atoms with Crippen molar-refractivity contribution in [2.75, 3.05) is 0 Å². The molecule has 3 heteroatoms. The van der Waals surface area contributed by atoms with Crippen molar-refractivity contribution in [3.8, 4) is 22.6 Å². The minimum Gasteiger partial charge on any atom is -0.456 e. The Labute approximate surface area is 166 Å².